The molecule has 8 heteroatoms. The van der Waals surface area contributed by atoms with Crippen LogP contribution in [0, 0.1) is 0 Å². The number of halogens is 3. The summed E-state index contributed by atoms with van der Waals surface area (Å²) >= 11 is 0. The van der Waals surface area contributed by atoms with Gasteiger partial charge in [-0.25, -0.2) is 0 Å². The molecule has 0 fully saturated rings. The minimum Gasteiger partial charge on any atom is -0.378 e. The van der Waals surface area contributed by atoms with Crippen LogP contribution in [0.3, 0.4) is 0 Å². The van der Waals surface area contributed by atoms with E-state index in [0.29, 0.717) is 5.56 Å². The lowest BCUT2D eigenvalue weighted by atomic mass is 10.0. The van der Waals surface area contributed by atoms with Crippen molar-refractivity contribution in [3.63, 3.8) is 0 Å². The van der Waals surface area contributed by atoms with Crippen LogP contribution in [0.2, 0.25) is 0 Å². The van der Waals surface area contributed by atoms with Crippen LogP contribution in [-0.2, 0) is 0 Å². The van der Waals surface area contributed by atoms with Gasteiger partial charge in [-0.15, -0.1) is 0 Å². The van der Waals surface area contributed by atoms with E-state index in [-0.39, 0.29) is 16.3 Å². The van der Waals surface area contributed by atoms with E-state index in [1.807, 2.05) is 0 Å². The van der Waals surface area contributed by atoms with E-state index < -0.39 is 24.2 Å². The van der Waals surface area contributed by atoms with Crippen molar-refractivity contribution in [2.24, 2.45) is 5.10 Å². The zero-order chi connectivity index (χ0) is 19.8. The fourth-order valence-corrected chi connectivity index (χ4v) is 2.80. The molecule has 1 N–H and O–H groups in total. The number of rotatable bonds is 3. The normalized spacial score (nSPS) is 19.8. The van der Waals surface area contributed by atoms with Gasteiger partial charge < -0.3 is 10.0 Å². The van der Waals surface area contributed by atoms with Gasteiger partial charge in [0.2, 0.25) is 0 Å². The van der Waals surface area contributed by atoms with Gasteiger partial charge in [0.1, 0.15) is 0 Å². The number of hydrazone groups is 1. The first-order valence-corrected chi connectivity index (χ1v) is 8.17. The molecule has 1 aliphatic heterocycles. The molecule has 0 radical (unpaired) electrons. The summed E-state index contributed by atoms with van der Waals surface area (Å²) in [6.45, 7) is 0. The maximum atomic E-state index is 13.6. The second kappa shape index (κ2) is 6.70. The first-order valence-electron chi connectivity index (χ1n) is 8.17. The monoisotopic (exact) mass is 377 g/mol. The highest BCUT2D eigenvalue weighted by molar-refractivity contribution is 6.05. The molecule has 0 aromatic heterocycles. The van der Waals surface area contributed by atoms with Gasteiger partial charge in [0.15, 0.2) is 0 Å². The lowest BCUT2D eigenvalue weighted by Crippen LogP contribution is -2.56. The highest BCUT2D eigenvalue weighted by Crippen LogP contribution is 2.42. The van der Waals surface area contributed by atoms with E-state index in [1.54, 1.807) is 61.5 Å². The van der Waals surface area contributed by atoms with Crippen LogP contribution in [0.5, 0.6) is 0 Å². The molecule has 0 saturated heterocycles. The Labute approximate surface area is 154 Å². The van der Waals surface area contributed by atoms with Crippen molar-refractivity contribution in [2.75, 3.05) is 19.0 Å². The summed E-state index contributed by atoms with van der Waals surface area (Å²) in [7, 11) is 3.60. The molecule has 0 saturated carbocycles. The SMILES string of the molecule is CN(C)c1ccc(C(=O)N2N=C(c3ccccc3)C[C@]2(O)C(F)(F)F)cc1. The molecule has 142 valence electrons. The van der Waals surface area contributed by atoms with Crippen LogP contribution in [0.1, 0.15) is 22.3 Å². The molecule has 0 unspecified atom stereocenters. The van der Waals surface area contributed by atoms with Crippen molar-refractivity contribution in [2.45, 2.75) is 18.3 Å². The number of hydrogen-bond acceptors (Lipinski definition) is 4. The van der Waals surface area contributed by atoms with Gasteiger partial charge in [-0.05, 0) is 29.8 Å². The second-order valence-corrected chi connectivity index (χ2v) is 6.46. The van der Waals surface area contributed by atoms with Crippen molar-refractivity contribution in [1.29, 1.82) is 0 Å². The summed E-state index contributed by atoms with van der Waals surface area (Å²) in [6.07, 6.45) is -5.89. The van der Waals surface area contributed by atoms with Crippen LogP contribution in [-0.4, -0.2) is 47.7 Å². The molecule has 1 heterocycles. The number of benzene rings is 2. The lowest BCUT2D eigenvalue weighted by Gasteiger charge is -2.32. The zero-order valence-electron chi connectivity index (χ0n) is 14.7. The van der Waals surface area contributed by atoms with Crippen LogP contribution >= 0.6 is 0 Å². The summed E-state index contributed by atoms with van der Waals surface area (Å²) in [5, 5.41) is 14.3. The number of aliphatic hydroxyl groups is 1. The number of carbonyl (C=O) groups is 1. The quantitative estimate of drug-likeness (QED) is 0.893. The number of anilines is 1. The van der Waals surface area contributed by atoms with Gasteiger partial charge in [-0.2, -0.15) is 23.3 Å². The third-order valence-electron chi connectivity index (χ3n) is 4.37. The van der Waals surface area contributed by atoms with Gasteiger partial charge in [-0.3, -0.25) is 4.79 Å². The number of amides is 1. The van der Waals surface area contributed by atoms with Crippen molar-refractivity contribution in [3.05, 3.63) is 65.7 Å². The Hall–Kier alpha value is -2.87. The predicted molar refractivity (Wildman–Crippen MR) is 95.5 cm³/mol. The summed E-state index contributed by atoms with van der Waals surface area (Å²) in [5.41, 5.74) is -2.20. The van der Waals surface area contributed by atoms with E-state index in [4.69, 9.17) is 0 Å². The Morgan fingerprint density at radius 1 is 1.11 bits per heavy atom. The van der Waals surface area contributed by atoms with E-state index >= 15 is 0 Å². The van der Waals surface area contributed by atoms with Crippen LogP contribution < -0.4 is 4.90 Å². The number of nitrogens with zero attached hydrogens (tertiary/aromatic N) is 3. The van der Waals surface area contributed by atoms with Gasteiger partial charge in [-0.1, -0.05) is 30.3 Å². The predicted octanol–water partition coefficient (Wildman–Crippen LogP) is 3.25. The third kappa shape index (κ3) is 3.40. The van der Waals surface area contributed by atoms with E-state index in [1.165, 1.54) is 12.1 Å². The topological polar surface area (TPSA) is 56.1 Å². The van der Waals surface area contributed by atoms with Gasteiger partial charge >= 0.3 is 6.18 Å². The van der Waals surface area contributed by atoms with Crippen molar-refractivity contribution < 1.29 is 23.1 Å². The maximum Gasteiger partial charge on any atom is 0.438 e. The molecular formula is C19H18F3N3O2. The molecule has 2 aromatic rings. The van der Waals surface area contributed by atoms with Crippen LogP contribution in [0.15, 0.2) is 59.7 Å². The molecule has 0 spiro atoms. The van der Waals surface area contributed by atoms with Gasteiger partial charge in [0, 0.05) is 25.3 Å². The van der Waals surface area contributed by atoms with E-state index in [9.17, 15) is 23.1 Å². The summed E-state index contributed by atoms with van der Waals surface area (Å²) < 4.78 is 40.8. The fraction of sp³-hybridized carbons (Fsp3) is 0.263. The number of carbonyl (C=O) groups excluding carboxylic acids is 1. The van der Waals surface area contributed by atoms with E-state index in [2.05, 4.69) is 5.10 Å². The maximum absolute atomic E-state index is 13.6. The molecule has 0 aliphatic carbocycles. The largest absolute Gasteiger partial charge is 0.438 e. The first kappa shape index (κ1) is 18.9. The first-order chi connectivity index (χ1) is 12.6. The van der Waals surface area contributed by atoms with Gasteiger partial charge in [0.05, 0.1) is 12.1 Å². The highest BCUT2D eigenvalue weighted by atomic mass is 19.4. The average Bonchev–Trinajstić information content (AvgIpc) is 3.01. The minimum absolute atomic E-state index is 0.00124. The molecule has 3 rings (SSSR count). The molecule has 27 heavy (non-hydrogen) atoms. The highest BCUT2D eigenvalue weighted by Gasteiger charge is 2.63. The Bertz CT molecular complexity index is 864. The molecule has 1 amide bonds. The zero-order valence-corrected chi connectivity index (χ0v) is 14.7. The Balaban J connectivity index is 2.00. The molecule has 2 aromatic carbocycles. The molecule has 1 atom stereocenters. The molecule has 0 bridgehead atoms. The van der Waals surface area contributed by atoms with Crippen LogP contribution in [0.4, 0.5) is 18.9 Å². The van der Waals surface area contributed by atoms with E-state index in [0.717, 1.165) is 5.69 Å². The Morgan fingerprint density at radius 3 is 2.22 bits per heavy atom. The summed E-state index contributed by atoms with van der Waals surface area (Å²) in [6, 6.07) is 14.2. The van der Waals surface area contributed by atoms with Gasteiger partial charge in [0.25, 0.3) is 11.6 Å². The summed E-state index contributed by atoms with van der Waals surface area (Å²) in [5.74, 6) is -1.02. The van der Waals surface area contributed by atoms with Crippen molar-refractivity contribution >= 4 is 17.3 Å². The smallest absolute Gasteiger partial charge is 0.378 e. The third-order valence-corrected chi connectivity index (χ3v) is 4.37. The lowest BCUT2D eigenvalue weighted by molar-refractivity contribution is -0.297. The van der Waals surface area contributed by atoms with Crippen molar-refractivity contribution in [1.82, 2.24) is 5.01 Å². The summed E-state index contributed by atoms with van der Waals surface area (Å²) in [4.78, 5) is 14.5. The number of alkyl halides is 3. The molecule has 5 nitrogen and oxygen atoms in total. The Morgan fingerprint density at radius 2 is 1.70 bits per heavy atom. The standard InChI is InChI=1S/C19H18F3N3O2/c1-24(2)15-10-8-14(9-11-15)17(26)25-18(27,19(20,21)22)12-16(23-25)13-6-4-3-5-7-13/h3-11,27H,12H2,1-2H3/t18-/m0/s1. The van der Waals surface area contributed by atoms with Crippen molar-refractivity contribution in [3.8, 4) is 0 Å². The number of hydrogen-bond donors (Lipinski definition) is 1. The fourth-order valence-electron chi connectivity index (χ4n) is 2.80. The second-order valence-electron chi connectivity index (χ2n) is 6.46. The average molecular weight is 377 g/mol. The Kier molecular flexibility index (Phi) is 4.69. The molecule has 1 aliphatic rings. The minimum atomic E-state index is -5.06. The molecular weight excluding hydrogens is 359 g/mol. The van der Waals surface area contributed by atoms with Crippen LogP contribution in [0.25, 0.3) is 0 Å².